The molecule has 1 unspecified atom stereocenters. The summed E-state index contributed by atoms with van der Waals surface area (Å²) in [6.07, 6.45) is 6.77. The number of amides is 1. The van der Waals surface area contributed by atoms with Crippen LogP contribution in [0.1, 0.15) is 51.0 Å². The molecule has 1 amide bonds. The van der Waals surface area contributed by atoms with Crippen molar-refractivity contribution in [3.8, 4) is 0 Å². The van der Waals surface area contributed by atoms with E-state index >= 15 is 0 Å². The minimum atomic E-state index is 0.0207. The van der Waals surface area contributed by atoms with Crippen molar-refractivity contribution in [1.82, 2.24) is 14.8 Å². The summed E-state index contributed by atoms with van der Waals surface area (Å²) in [5.74, 6) is 1.70. The van der Waals surface area contributed by atoms with E-state index in [9.17, 15) is 4.79 Å². The van der Waals surface area contributed by atoms with Gasteiger partial charge >= 0.3 is 0 Å². The average Bonchev–Trinajstić information content (AvgIpc) is 3.12. The van der Waals surface area contributed by atoms with Gasteiger partial charge in [0.1, 0.15) is 0 Å². The fraction of sp³-hybridized carbons (Fsp3) is 0.591. The van der Waals surface area contributed by atoms with E-state index in [2.05, 4.69) is 59.1 Å². The Morgan fingerprint density at radius 3 is 2.50 bits per heavy atom. The fourth-order valence-corrected chi connectivity index (χ4v) is 4.68. The van der Waals surface area contributed by atoms with Crippen LogP contribution in [0.2, 0.25) is 0 Å². The quantitative estimate of drug-likeness (QED) is 0.906. The number of piperidine rings is 2. The van der Waals surface area contributed by atoms with Crippen molar-refractivity contribution in [2.24, 2.45) is 5.92 Å². The van der Waals surface area contributed by atoms with Crippen molar-refractivity contribution in [3.63, 3.8) is 0 Å². The SMILES string of the molecule is CC1CCN(C(=O)C(C)N2CCC(c3c[nH]c4ccccc34)CC2)CC1. The number of aromatic amines is 1. The Labute approximate surface area is 156 Å². The summed E-state index contributed by atoms with van der Waals surface area (Å²) in [7, 11) is 0. The standard InChI is InChI=1S/C22H31N3O/c1-16-7-11-25(12-8-16)22(26)17(2)24-13-9-18(10-14-24)20-15-23-21-6-4-3-5-19(20)21/h3-6,15-18,23H,7-14H2,1-2H3. The summed E-state index contributed by atoms with van der Waals surface area (Å²) in [5.41, 5.74) is 2.68. The molecule has 1 atom stereocenters. The number of likely N-dealkylation sites (tertiary alicyclic amines) is 2. The average molecular weight is 354 g/mol. The van der Waals surface area contributed by atoms with Crippen LogP contribution in [0, 0.1) is 5.92 Å². The summed E-state index contributed by atoms with van der Waals surface area (Å²) in [6.45, 7) is 8.31. The number of hydrogen-bond donors (Lipinski definition) is 1. The van der Waals surface area contributed by atoms with Gasteiger partial charge in [0, 0.05) is 30.2 Å². The highest BCUT2D eigenvalue weighted by Gasteiger charge is 2.31. The minimum Gasteiger partial charge on any atom is -0.361 e. The summed E-state index contributed by atoms with van der Waals surface area (Å²) < 4.78 is 0. The van der Waals surface area contributed by atoms with E-state index in [1.807, 2.05) is 0 Å². The lowest BCUT2D eigenvalue weighted by Gasteiger charge is -2.39. The van der Waals surface area contributed by atoms with Crippen LogP contribution in [-0.4, -0.2) is 52.9 Å². The van der Waals surface area contributed by atoms with Crippen LogP contribution >= 0.6 is 0 Å². The molecule has 2 aliphatic rings. The molecule has 1 N–H and O–H groups in total. The third-order valence-electron chi connectivity index (χ3n) is 6.59. The Bertz CT molecular complexity index is 752. The maximum absolute atomic E-state index is 12.9. The van der Waals surface area contributed by atoms with Gasteiger partial charge in [-0.25, -0.2) is 0 Å². The molecular weight excluding hydrogens is 322 g/mol. The Hall–Kier alpha value is -1.81. The molecule has 2 fully saturated rings. The third kappa shape index (κ3) is 3.39. The van der Waals surface area contributed by atoms with Gasteiger partial charge in [0.25, 0.3) is 0 Å². The predicted molar refractivity (Wildman–Crippen MR) is 106 cm³/mol. The molecule has 1 aromatic heterocycles. The lowest BCUT2D eigenvalue weighted by molar-refractivity contribution is -0.138. The number of aromatic nitrogens is 1. The fourth-order valence-electron chi connectivity index (χ4n) is 4.68. The molecule has 2 saturated heterocycles. The molecule has 4 rings (SSSR count). The van der Waals surface area contributed by atoms with Gasteiger partial charge in [0.15, 0.2) is 0 Å². The molecule has 0 saturated carbocycles. The molecule has 0 bridgehead atoms. The maximum Gasteiger partial charge on any atom is 0.239 e. The van der Waals surface area contributed by atoms with Gasteiger partial charge in [-0.2, -0.15) is 0 Å². The second-order valence-electron chi connectivity index (χ2n) is 8.28. The van der Waals surface area contributed by atoms with Crippen LogP contribution in [0.25, 0.3) is 10.9 Å². The second kappa shape index (κ2) is 7.43. The molecule has 1 aromatic carbocycles. The maximum atomic E-state index is 12.9. The molecule has 26 heavy (non-hydrogen) atoms. The molecule has 140 valence electrons. The van der Waals surface area contributed by atoms with Gasteiger partial charge in [-0.15, -0.1) is 0 Å². The number of H-pyrrole nitrogens is 1. The van der Waals surface area contributed by atoms with E-state index in [1.165, 1.54) is 16.5 Å². The van der Waals surface area contributed by atoms with E-state index in [-0.39, 0.29) is 6.04 Å². The molecule has 0 radical (unpaired) electrons. The predicted octanol–water partition coefficient (Wildman–Crippen LogP) is 3.99. The van der Waals surface area contributed by atoms with Crippen LogP contribution in [0.4, 0.5) is 0 Å². The van der Waals surface area contributed by atoms with Crippen molar-refractivity contribution in [2.45, 2.75) is 51.5 Å². The first kappa shape index (κ1) is 17.6. The number of fused-ring (bicyclic) bond motifs is 1. The summed E-state index contributed by atoms with van der Waals surface area (Å²) in [6, 6.07) is 8.59. The van der Waals surface area contributed by atoms with Gasteiger partial charge < -0.3 is 9.88 Å². The topological polar surface area (TPSA) is 39.3 Å². The lowest BCUT2D eigenvalue weighted by atomic mass is 9.88. The number of hydrogen-bond acceptors (Lipinski definition) is 2. The number of para-hydroxylation sites is 1. The first-order chi connectivity index (χ1) is 12.6. The summed E-state index contributed by atoms with van der Waals surface area (Å²) in [4.78, 5) is 20.8. The molecule has 3 heterocycles. The zero-order chi connectivity index (χ0) is 18.1. The van der Waals surface area contributed by atoms with E-state index in [0.717, 1.165) is 57.8 Å². The third-order valence-corrected chi connectivity index (χ3v) is 6.59. The molecular formula is C22H31N3O. The van der Waals surface area contributed by atoms with Crippen molar-refractivity contribution in [2.75, 3.05) is 26.2 Å². The summed E-state index contributed by atoms with van der Waals surface area (Å²) in [5, 5.41) is 1.36. The van der Waals surface area contributed by atoms with Gasteiger partial charge in [0.05, 0.1) is 6.04 Å². The zero-order valence-corrected chi connectivity index (χ0v) is 16.1. The molecule has 0 aliphatic carbocycles. The molecule has 0 spiro atoms. The second-order valence-corrected chi connectivity index (χ2v) is 8.28. The molecule has 4 nitrogen and oxygen atoms in total. The smallest absolute Gasteiger partial charge is 0.239 e. The first-order valence-electron chi connectivity index (χ1n) is 10.2. The van der Waals surface area contributed by atoms with Crippen LogP contribution in [0.15, 0.2) is 30.5 Å². The minimum absolute atomic E-state index is 0.0207. The number of rotatable bonds is 3. The molecule has 2 aromatic rings. The molecule has 2 aliphatic heterocycles. The normalized spacial score (nSPS) is 22.0. The Kier molecular flexibility index (Phi) is 5.03. The van der Waals surface area contributed by atoms with Gasteiger partial charge in [-0.3, -0.25) is 9.69 Å². The van der Waals surface area contributed by atoms with Crippen molar-refractivity contribution in [1.29, 1.82) is 0 Å². The molecule has 4 heteroatoms. The van der Waals surface area contributed by atoms with Crippen molar-refractivity contribution >= 4 is 16.8 Å². The first-order valence-corrected chi connectivity index (χ1v) is 10.2. The Morgan fingerprint density at radius 2 is 1.77 bits per heavy atom. The van der Waals surface area contributed by atoms with E-state index in [4.69, 9.17) is 0 Å². The highest BCUT2D eigenvalue weighted by Crippen LogP contribution is 2.33. The van der Waals surface area contributed by atoms with Crippen molar-refractivity contribution < 1.29 is 4.79 Å². The van der Waals surface area contributed by atoms with Gasteiger partial charge in [-0.05, 0) is 69.2 Å². The zero-order valence-electron chi connectivity index (χ0n) is 16.1. The Balaban J connectivity index is 1.36. The Morgan fingerprint density at radius 1 is 1.08 bits per heavy atom. The largest absolute Gasteiger partial charge is 0.361 e. The van der Waals surface area contributed by atoms with Crippen LogP contribution in [0.3, 0.4) is 0 Å². The van der Waals surface area contributed by atoms with Crippen LogP contribution < -0.4 is 0 Å². The monoisotopic (exact) mass is 353 g/mol. The number of carbonyl (C=O) groups is 1. The van der Waals surface area contributed by atoms with Gasteiger partial charge in [0.2, 0.25) is 5.91 Å². The number of carbonyl (C=O) groups excluding carboxylic acids is 1. The highest BCUT2D eigenvalue weighted by molar-refractivity contribution is 5.83. The van der Waals surface area contributed by atoms with Crippen LogP contribution in [0.5, 0.6) is 0 Å². The lowest BCUT2D eigenvalue weighted by Crippen LogP contribution is -2.51. The van der Waals surface area contributed by atoms with Crippen molar-refractivity contribution in [3.05, 3.63) is 36.0 Å². The van der Waals surface area contributed by atoms with E-state index in [0.29, 0.717) is 11.8 Å². The number of nitrogens with zero attached hydrogens (tertiary/aromatic N) is 2. The number of benzene rings is 1. The van der Waals surface area contributed by atoms with E-state index in [1.54, 1.807) is 0 Å². The van der Waals surface area contributed by atoms with E-state index < -0.39 is 0 Å². The van der Waals surface area contributed by atoms with Gasteiger partial charge in [-0.1, -0.05) is 25.1 Å². The highest BCUT2D eigenvalue weighted by atomic mass is 16.2. The summed E-state index contributed by atoms with van der Waals surface area (Å²) >= 11 is 0. The van der Waals surface area contributed by atoms with Crippen LogP contribution in [-0.2, 0) is 4.79 Å². The number of nitrogens with one attached hydrogen (secondary N) is 1.